The first-order chi connectivity index (χ1) is 12.4. The number of nitrogens with zero attached hydrogens (tertiary/aromatic N) is 1. The summed E-state index contributed by atoms with van der Waals surface area (Å²) < 4.78 is 34.2. The monoisotopic (exact) mass is 436 g/mol. The molecule has 2 aromatic rings. The maximum absolute atomic E-state index is 12.6. The Kier molecular flexibility index (Phi) is 5.70. The van der Waals surface area contributed by atoms with E-state index in [-0.39, 0.29) is 4.90 Å². The second-order valence-corrected chi connectivity index (χ2v) is 8.81. The van der Waals surface area contributed by atoms with E-state index >= 15 is 0 Å². The minimum absolute atomic E-state index is 0.219. The molecule has 0 radical (unpaired) electrons. The van der Waals surface area contributed by atoms with Gasteiger partial charge in [0.2, 0.25) is 0 Å². The Labute approximate surface area is 162 Å². The highest BCUT2D eigenvalue weighted by molar-refractivity contribution is 9.10. The topological polar surface area (TPSA) is 58.6 Å². The van der Waals surface area contributed by atoms with Crippen LogP contribution in [0.25, 0.3) is 5.57 Å². The number of hydrogen-bond acceptors (Lipinski definition) is 4. The summed E-state index contributed by atoms with van der Waals surface area (Å²) in [6.07, 6.45) is 3.06. The number of benzene rings is 2. The van der Waals surface area contributed by atoms with E-state index in [0.29, 0.717) is 5.69 Å². The van der Waals surface area contributed by atoms with Crippen LogP contribution in [0.2, 0.25) is 0 Å². The van der Waals surface area contributed by atoms with Gasteiger partial charge in [-0.2, -0.15) is 0 Å². The lowest BCUT2D eigenvalue weighted by Gasteiger charge is -2.23. The van der Waals surface area contributed by atoms with Crippen LogP contribution in [0.1, 0.15) is 12.0 Å². The average Bonchev–Trinajstić information content (AvgIpc) is 2.62. The molecule has 2 aromatic carbocycles. The smallest absolute Gasteiger partial charge is 0.261 e. The van der Waals surface area contributed by atoms with Crippen molar-refractivity contribution >= 4 is 37.2 Å². The number of hydrogen-bond donors (Lipinski definition) is 1. The van der Waals surface area contributed by atoms with Gasteiger partial charge in [-0.15, -0.1) is 0 Å². The zero-order valence-electron chi connectivity index (χ0n) is 14.7. The van der Waals surface area contributed by atoms with Crippen LogP contribution in [0.15, 0.2) is 57.9 Å². The minimum Gasteiger partial charge on any atom is -0.496 e. The highest BCUT2D eigenvalue weighted by Gasteiger charge is 2.18. The van der Waals surface area contributed by atoms with E-state index in [9.17, 15) is 8.42 Å². The fourth-order valence-corrected chi connectivity index (χ4v) is 4.18. The summed E-state index contributed by atoms with van der Waals surface area (Å²) in [5.41, 5.74) is 2.62. The van der Waals surface area contributed by atoms with Gasteiger partial charge in [-0.05, 0) is 61.5 Å². The van der Waals surface area contributed by atoms with Crippen molar-refractivity contribution in [1.82, 2.24) is 4.90 Å². The molecule has 7 heteroatoms. The Hall–Kier alpha value is -1.83. The molecule has 1 heterocycles. The molecule has 5 nitrogen and oxygen atoms in total. The molecule has 0 unspecified atom stereocenters. The average molecular weight is 437 g/mol. The quantitative estimate of drug-likeness (QED) is 0.769. The molecule has 1 aliphatic heterocycles. The van der Waals surface area contributed by atoms with Gasteiger partial charge in [0.1, 0.15) is 5.75 Å². The Morgan fingerprint density at radius 2 is 1.88 bits per heavy atom. The van der Waals surface area contributed by atoms with Crippen molar-refractivity contribution in [2.24, 2.45) is 0 Å². The third-order valence-electron chi connectivity index (χ3n) is 4.33. The second kappa shape index (κ2) is 7.82. The Morgan fingerprint density at radius 3 is 2.50 bits per heavy atom. The third-order valence-corrected chi connectivity index (χ3v) is 6.26. The van der Waals surface area contributed by atoms with Crippen LogP contribution in [0.5, 0.6) is 5.75 Å². The van der Waals surface area contributed by atoms with Gasteiger partial charge >= 0.3 is 0 Å². The zero-order valence-corrected chi connectivity index (χ0v) is 17.1. The van der Waals surface area contributed by atoms with Crippen molar-refractivity contribution in [3.63, 3.8) is 0 Å². The Morgan fingerprint density at radius 1 is 1.15 bits per heavy atom. The number of halogens is 1. The van der Waals surface area contributed by atoms with E-state index in [0.717, 1.165) is 35.3 Å². The lowest BCUT2D eigenvalue weighted by Crippen LogP contribution is -2.23. The highest BCUT2D eigenvalue weighted by atomic mass is 79.9. The van der Waals surface area contributed by atoms with Crippen molar-refractivity contribution in [1.29, 1.82) is 0 Å². The summed E-state index contributed by atoms with van der Waals surface area (Å²) >= 11 is 3.31. The van der Waals surface area contributed by atoms with Crippen molar-refractivity contribution in [2.75, 3.05) is 32.0 Å². The van der Waals surface area contributed by atoms with E-state index in [2.05, 4.69) is 38.7 Å². The molecule has 0 fully saturated rings. The van der Waals surface area contributed by atoms with Crippen LogP contribution in [0, 0.1) is 0 Å². The molecule has 138 valence electrons. The largest absolute Gasteiger partial charge is 0.496 e. The highest BCUT2D eigenvalue weighted by Crippen LogP contribution is 2.33. The van der Waals surface area contributed by atoms with Gasteiger partial charge < -0.3 is 9.64 Å². The van der Waals surface area contributed by atoms with Crippen LogP contribution >= 0.6 is 15.9 Å². The van der Waals surface area contributed by atoms with Crippen molar-refractivity contribution in [3.8, 4) is 5.75 Å². The van der Waals surface area contributed by atoms with Crippen LogP contribution in [-0.2, 0) is 10.0 Å². The predicted molar refractivity (Wildman–Crippen MR) is 108 cm³/mol. The fraction of sp³-hybridized carbons (Fsp3) is 0.263. The van der Waals surface area contributed by atoms with Gasteiger partial charge in [0.15, 0.2) is 0 Å². The fourth-order valence-electron chi connectivity index (χ4n) is 2.87. The zero-order chi connectivity index (χ0) is 18.7. The number of likely N-dealkylation sites (N-methyl/N-ethyl adjacent to an activating group) is 1. The SMILES string of the molecule is COc1ccc(NS(=O)(=O)c2ccc(Br)cc2)cc1C1=CCN(C)CC1. The summed E-state index contributed by atoms with van der Waals surface area (Å²) in [7, 11) is 0.0564. The number of nitrogens with one attached hydrogen (secondary N) is 1. The van der Waals surface area contributed by atoms with Crippen LogP contribution in [-0.4, -0.2) is 40.6 Å². The second-order valence-electron chi connectivity index (χ2n) is 6.22. The van der Waals surface area contributed by atoms with Gasteiger partial charge in [-0.1, -0.05) is 22.0 Å². The molecule has 0 aliphatic carbocycles. The van der Waals surface area contributed by atoms with Gasteiger partial charge in [0.25, 0.3) is 10.0 Å². The maximum atomic E-state index is 12.6. The van der Waals surface area contributed by atoms with Gasteiger partial charge in [0, 0.05) is 28.8 Å². The number of ether oxygens (including phenoxy) is 1. The first-order valence-electron chi connectivity index (χ1n) is 8.23. The maximum Gasteiger partial charge on any atom is 0.261 e. The minimum atomic E-state index is -3.65. The molecule has 0 aromatic heterocycles. The first-order valence-corrected chi connectivity index (χ1v) is 10.5. The van der Waals surface area contributed by atoms with Crippen molar-refractivity contribution in [3.05, 3.63) is 58.6 Å². The molecule has 3 rings (SSSR count). The third kappa shape index (κ3) is 4.28. The van der Waals surface area contributed by atoms with E-state index in [1.807, 2.05) is 6.07 Å². The summed E-state index contributed by atoms with van der Waals surface area (Å²) in [6.45, 7) is 1.83. The molecule has 0 saturated carbocycles. The molecule has 1 aliphatic rings. The van der Waals surface area contributed by atoms with Crippen LogP contribution in [0.4, 0.5) is 5.69 Å². The Balaban J connectivity index is 1.91. The van der Waals surface area contributed by atoms with Crippen LogP contribution in [0.3, 0.4) is 0 Å². The van der Waals surface area contributed by atoms with E-state index < -0.39 is 10.0 Å². The molecular weight excluding hydrogens is 416 g/mol. The normalized spacial score (nSPS) is 15.4. The van der Waals surface area contributed by atoms with Gasteiger partial charge in [-0.25, -0.2) is 8.42 Å². The lowest BCUT2D eigenvalue weighted by molar-refractivity contribution is 0.369. The molecule has 1 N–H and O–H groups in total. The summed E-state index contributed by atoms with van der Waals surface area (Å²) in [5, 5.41) is 0. The Bertz CT molecular complexity index is 924. The van der Waals surface area contributed by atoms with Crippen molar-refractivity contribution in [2.45, 2.75) is 11.3 Å². The molecule has 0 saturated heterocycles. The van der Waals surface area contributed by atoms with E-state index in [4.69, 9.17) is 4.74 Å². The van der Waals surface area contributed by atoms with E-state index in [1.165, 1.54) is 5.57 Å². The van der Waals surface area contributed by atoms with Gasteiger partial charge in [0.05, 0.1) is 12.0 Å². The molecular formula is C19H21BrN2O3S. The summed E-state index contributed by atoms with van der Waals surface area (Å²) in [4.78, 5) is 2.45. The lowest BCUT2D eigenvalue weighted by atomic mass is 9.98. The summed E-state index contributed by atoms with van der Waals surface area (Å²) in [5.74, 6) is 0.743. The number of anilines is 1. The summed E-state index contributed by atoms with van der Waals surface area (Å²) in [6, 6.07) is 11.9. The van der Waals surface area contributed by atoms with Crippen molar-refractivity contribution < 1.29 is 13.2 Å². The molecule has 0 spiro atoms. The molecule has 0 amide bonds. The number of methoxy groups -OCH3 is 1. The van der Waals surface area contributed by atoms with Gasteiger partial charge in [-0.3, -0.25) is 4.72 Å². The number of rotatable bonds is 5. The molecule has 0 atom stereocenters. The molecule has 0 bridgehead atoms. The van der Waals surface area contributed by atoms with Crippen LogP contribution < -0.4 is 9.46 Å². The van der Waals surface area contributed by atoms with E-state index in [1.54, 1.807) is 43.5 Å². The predicted octanol–water partition coefficient (Wildman–Crippen LogP) is 3.98. The molecule has 26 heavy (non-hydrogen) atoms. The number of sulfonamides is 1. The standard InChI is InChI=1S/C19H21BrN2O3S/c1-22-11-9-14(10-12-22)18-13-16(5-8-19(18)25-2)21-26(23,24)17-6-3-15(20)4-7-17/h3-9,13,21H,10-12H2,1-2H3. The first kappa shape index (κ1) is 18.9.